The number of rotatable bonds is 0. The van der Waals surface area contributed by atoms with Gasteiger partial charge in [0.15, 0.2) is 0 Å². The highest BCUT2D eigenvalue weighted by atomic mass is 13.9. The summed E-state index contributed by atoms with van der Waals surface area (Å²) >= 11 is 0. The maximum absolute atomic E-state index is 2.30. The number of allylic oxidation sites excluding steroid dienone is 2. The van der Waals surface area contributed by atoms with Crippen LogP contribution in [0, 0.1) is 0 Å². The summed E-state index contributed by atoms with van der Waals surface area (Å²) in [7, 11) is 0. The molecule has 0 radical (unpaired) electrons. The SMILES string of the molecule is C1=CCCCCC1.c1ccccc1. The third-order valence-electron chi connectivity index (χ3n) is 2.07. The zero-order valence-electron chi connectivity index (χ0n) is 8.15. The van der Waals surface area contributed by atoms with Crippen molar-refractivity contribution < 1.29 is 0 Å². The first kappa shape index (κ1) is 10.0. The molecule has 0 unspecified atom stereocenters. The van der Waals surface area contributed by atoms with Crippen molar-refractivity contribution in [2.75, 3.05) is 0 Å². The van der Waals surface area contributed by atoms with E-state index in [1.54, 1.807) is 0 Å². The molecule has 70 valence electrons. The van der Waals surface area contributed by atoms with Crippen LogP contribution in [-0.2, 0) is 0 Å². The van der Waals surface area contributed by atoms with Crippen molar-refractivity contribution in [1.82, 2.24) is 0 Å². The molecule has 0 aliphatic heterocycles. The summed E-state index contributed by atoms with van der Waals surface area (Å²) in [6.45, 7) is 0. The van der Waals surface area contributed by atoms with Crippen LogP contribution in [-0.4, -0.2) is 0 Å². The van der Waals surface area contributed by atoms with E-state index in [1.165, 1.54) is 32.1 Å². The molecule has 0 atom stereocenters. The highest BCUT2D eigenvalue weighted by molar-refractivity contribution is 4.99. The van der Waals surface area contributed by atoms with E-state index in [0.29, 0.717) is 0 Å². The Balaban J connectivity index is 0.000000132. The Labute approximate surface area is 81.3 Å². The van der Waals surface area contributed by atoms with Gasteiger partial charge in [0, 0.05) is 0 Å². The van der Waals surface area contributed by atoms with E-state index >= 15 is 0 Å². The van der Waals surface area contributed by atoms with Crippen LogP contribution in [0.2, 0.25) is 0 Å². The monoisotopic (exact) mass is 174 g/mol. The Morgan fingerprint density at radius 3 is 1.23 bits per heavy atom. The molecule has 0 fully saturated rings. The Morgan fingerprint density at radius 2 is 0.846 bits per heavy atom. The molecule has 0 N–H and O–H groups in total. The van der Waals surface area contributed by atoms with Crippen molar-refractivity contribution in [2.24, 2.45) is 0 Å². The molecule has 0 bridgehead atoms. The van der Waals surface area contributed by atoms with Crippen molar-refractivity contribution >= 4 is 0 Å². The van der Waals surface area contributed by atoms with Crippen LogP contribution in [0.4, 0.5) is 0 Å². The molecule has 1 aromatic carbocycles. The van der Waals surface area contributed by atoms with Crippen LogP contribution in [0.15, 0.2) is 48.6 Å². The Bertz CT molecular complexity index is 176. The van der Waals surface area contributed by atoms with Crippen molar-refractivity contribution in [1.29, 1.82) is 0 Å². The summed E-state index contributed by atoms with van der Waals surface area (Å²) in [6, 6.07) is 12.0. The van der Waals surface area contributed by atoms with Crippen molar-refractivity contribution in [3.63, 3.8) is 0 Å². The molecule has 1 aromatic rings. The predicted octanol–water partition coefficient (Wildman–Crippen LogP) is 4.19. The highest BCUT2D eigenvalue weighted by Gasteiger charge is 1.88. The predicted molar refractivity (Wildman–Crippen MR) is 58.7 cm³/mol. The molecule has 2 rings (SSSR count). The molecule has 0 aromatic heterocycles. The first-order valence-electron chi connectivity index (χ1n) is 5.15. The lowest BCUT2D eigenvalue weighted by atomic mass is 10.2. The van der Waals surface area contributed by atoms with Gasteiger partial charge in [-0.05, 0) is 25.7 Å². The van der Waals surface area contributed by atoms with Crippen LogP contribution >= 0.6 is 0 Å². The van der Waals surface area contributed by atoms with Gasteiger partial charge in [0.1, 0.15) is 0 Å². The number of benzene rings is 1. The molecule has 0 nitrogen and oxygen atoms in total. The molecule has 1 aliphatic carbocycles. The van der Waals surface area contributed by atoms with E-state index in [2.05, 4.69) is 12.2 Å². The number of hydrogen-bond donors (Lipinski definition) is 0. The van der Waals surface area contributed by atoms with Crippen LogP contribution in [0.1, 0.15) is 32.1 Å². The molecule has 0 saturated carbocycles. The van der Waals surface area contributed by atoms with Crippen molar-refractivity contribution in [3.8, 4) is 0 Å². The average molecular weight is 174 g/mol. The normalized spacial score (nSPS) is 15.4. The van der Waals surface area contributed by atoms with E-state index in [0.717, 1.165) is 0 Å². The lowest BCUT2D eigenvalue weighted by Gasteiger charge is -1.86. The maximum Gasteiger partial charge on any atom is -0.0351 e. The largest absolute Gasteiger partial charge is 0.0885 e. The van der Waals surface area contributed by atoms with Crippen LogP contribution in [0.25, 0.3) is 0 Å². The minimum absolute atomic E-state index is 1.32. The summed E-state index contributed by atoms with van der Waals surface area (Å²) in [5.41, 5.74) is 0. The van der Waals surface area contributed by atoms with Gasteiger partial charge in [-0.2, -0.15) is 0 Å². The third kappa shape index (κ3) is 6.15. The summed E-state index contributed by atoms with van der Waals surface area (Å²) < 4.78 is 0. The molecule has 0 saturated heterocycles. The highest BCUT2D eigenvalue weighted by Crippen LogP contribution is 2.08. The molecular weight excluding hydrogens is 156 g/mol. The van der Waals surface area contributed by atoms with Crippen LogP contribution in [0.3, 0.4) is 0 Å². The van der Waals surface area contributed by atoms with Crippen LogP contribution < -0.4 is 0 Å². The molecule has 1 aliphatic rings. The zero-order valence-corrected chi connectivity index (χ0v) is 8.15. The molecule has 0 heterocycles. The maximum atomic E-state index is 2.30. The second-order valence-electron chi connectivity index (χ2n) is 3.26. The van der Waals surface area contributed by atoms with Crippen LogP contribution in [0.5, 0.6) is 0 Å². The van der Waals surface area contributed by atoms with Gasteiger partial charge in [0.25, 0.3) is 0 Å². The summed E-state index contributed by atoms with van der Waals surface area (Å²) in [5, 5.41) is 0. The fraction of sp³-hybridized carbons (Fsp3) is 0.385. The molecule has 0 amide bonds. The molecule has 0 spiro atoms. The minimum Gasteiger partial charge on any atom is -0.0885 e. The zero-order chi connectivity index (χ0) is 9.19. The third-order valence-corrected chi connectivity index (χ3v) is 2.07. The first-order chi connectivity index (χ1) is 6.50. The minimum atomic E-state index is 1.32. The van der Waals surface area contributed by atoms with Gasteiger partial charge >= 0.3 is 0 Å². The lowest BCUT2D eigenvalue weighted by molar-refractivity contribution is 0.718. The van der Waals surface area contributed by atoms with Gasteiger partial charge < -0.3 is 0 Å². The van der Waals surface area contributed by atoms with Crippen molar-refractivity contribution in [3.05, 3.63) is 48.6 Å². The standard InChI is InChI=1S/C7H12.C6H6/c1-2-4-6-7-5-3-1;1-2-4-6-5-3-1/h1-2H,3-7H2;1-6H. The van der Waals surface area contributed by atoms with E-state index < -0.39 is 0 Å². The molecule has 0 heteroatoms. The van der Waals surface area contributed by atoms with Gasteiger partial charge in [-0.15, -0.1) is 0 Å². The van der Waals surface area contributed by atoms with Gasteiger partial charge in [0.2, 0.25) is 0 Å². The molecule has 13 heavy (non-hydrogen) atoms. The Morgan fingerprint density at radius 1 is 0.462 bits per heavy atom. The second kappa shape index (κ2) is 7.60. The average Bonchev–Trinajstić information content (AvgIpc) is 2.53. The Hall–Kier alpha value is -1.04. The van der Waals surface area contributed by atoms with E-state index in [9.17, 15) is 0 Å². The van der Waals surface area contributed by atoms with E-state index in [-0.39, 0.29) is 0 Å². The lowest BCUT2D eigenvalue weighted by Crippen LogP contribution is -1.67. The van der Waals surface area contributed by atoms with Crippen molar-refractivity contribution in [2.45, 2.75) is 32.1 Å². The quantitative estimate of drug-likeness (QED) is 0.517. The van der Waals surface area contributed by atoms with Gasteiger partial charge in [-0.3, -0.25) is 0 Å². The van der Waals surface area contributed by atoms with Gasteiger partial charge in [-0.1, -0.05) is 55.0 Å². The smallest absolute Gasteiger partial charge is 0.0351 e. The topological polar surface area (TPSA) is 0 Å². The Kier molecular flexibility index (Phi) is 5.87. The summed E-state index contributed by atoms with van der Waals surface area (Å²) in [6.07, 6.45) is 11.5. The number of hydrogen-bond acceptors (Lipinski definition) is 0. The second-order valence-corrected chi connectivity index (χ2v) is 3.26. The first-order valence-corrected chi connectivity index (χ1v) is 5.15. The van der Waals surface area contributed by atoms with Gasteiger partial charge in [0.05, 0.1) is 0 Å². The molecular formula is C13H18. The summed E-state index contributed by atoms with van der Waals surface area (Å²) in [4.78, 5) is 0. The summed E-state index contributed by atoms with van der Waals surface area (Å²) in [5.74, 6) is 0. The fourth-order valence-electron chi connectivity index (χ4n) is 1.32. The fourth-order valence-corrected chi connectivity index (χ4v) is 1.32. The van der Waals surface area contributed by atoms with E-state index in [1.807, 2.05) is 36.4 Å². The van der Waals surface area contributed by atoms with E-state index in [4.69, 9.17) is 0 Å². The van der Waals surface area contributed by atoms with Gasteiger partial charge in [-0.25, -0.2) is 0 Å².